The van der Waals surface area contributed by atoms with Gasteiger partial charge in [-0.05, 0) is 58.7 Å². The maximum absolute atomic E-state index is 15.6. The lowest BCUT2D eigenvalue weighted by atomic mass is 10.00. The van der Waals surface area contributed by atoms with Gasteiger partial charge < -0.3 is 29.9 Å². The molecule has 1 aromatic rings. The van der Waals surface area contributed by atoms with Gasteiger partial charge >= 0.3 is 12.2 Å². The molecule has 0 bridgehead atoms. The summed E-state index contributed by atoms with van der Waals surface area (Å²) >= 11 is 11.0. The third-order valence-corrected chi connectivity index (χ3v) is 7.47. The van der Waals surface area contributed by atoms with Gasteiger partial charge in [0.15, 0.2) is 0 Å². The average molecular weight is 566 g/mol. The van der Waals surface area contributed by atoms with Crippen molar-refractivity contribution in [3.8, 4) is 0 Å². The fourth-order valence-electron chi connectivity index (χ4n) is 5.06. The van der Waals surface area contributed by atoms with Crippen LogP contribution in [0, 0.1) is 5.82 Å². The molecule has 208 valence electrons. The number of nitrogens with one attached hydrogen (secondary N) is 2. The Balaban J connectivity index is 1.49. The van der Waals surface area contributed by atoms with Crippen LogP contribution in [0.5, 0.6) is 0 Å². The number of carbonyl (C=O) groups excluding carboxylic acids is 2. The Morgan fingerprint density at radius 1 is 1.26 bits per heavy atom. The zero-order chi connectivity index (χ0) is 27.6. The van der Waals surface area contributed by atoms with E-state index in [0.717, 1.165) is 12.8 Å². The van der Waals surface area contributed by atoms with Crippen LogP contribution in [0.25, 0.3) is 0 Å². The third-order valence-electron chi connectivity index (χ3n) is 6.79. The fraction of sp³-hybridized carbons (Fsp3) is 0.615. The summed E-state index contributed by atoms with van der Waals surface area (Å²) in [6, 6.07) is 4.24. The van der Waals surface area contributed by atoms with Gasteiger partial charge in [0.05, 0.1) is 41.5 Å². The largest absolute Gasteiger partial charge is 0.444 e. The zero-order valence-electron chi connectivity index (χ0n) is 22.3. The van der Waals surface area contributed by atoms with E-state index in [0.29, 0.717) is 60.5 Å². The van der Waals surface area contributed by atoms with Crippen molar-refractivity contribution in [2.45, 2.75) is 64.3 Å². The maximum atomic E-state index is 15.6. The van der Waals surface area contributed by atoms with Gasteiger partial charge in [-0.1, -0.05) is 24.4 Å². The number of carbonyl (C=O) groups is 2. The topological polar surface area (TPSA) is 86.4 Å². The van der Waals surface area contributed by atoms with Crippen LogP contribution in [0.1, 0.15) is 40.5 Å². The van der Waals surface area contributed by atoms with Gasteiger partial charge in [0, 0.05) is 31.0 Å². The van der Waals surface area contributed by atoms with Crippen LogP contribution >= 0.6 is 24.4 Å². The van der Waals surface area contributed by atoms with Crippen LogP contribution in [0.3, 0.4) is 0 Å². The number of hydrogen-bond donors (Lipinski definition) is 2. The van der Waals surface area contributed by atoms with Crippen LogP contribution in [0.4, 0.5) is 25.4 Å². The van der Waals surface area contributed by atoms with E-state index in [4.69, 9.17) is 33.9 Å². The molecule has 2 unspecified atom stereocenters. The highest BCUT2D eigenvalue weighted by atomic mass is 32.1. The molecule has 0 saturated carbocycles. The molecular weight excluding hydrogens is 529 g/mol. The third kappa shape index (κ3) is 6.52. The first kappa shape index (κ1) is 28.4. The van der Waals surface area contributed by atoms with Crippen LogP contribution in [-0.4, -0.2) is 90.0 Å². The van der Waals surface area contributed by atoms with E-state index < -0.39 is 17.5 Å². The van der Waals surface area contributed by atoms with Gasteiger partial charge in [-0.2, -0.15) is 0 Å². The Morgan fingerprint density at radius 3 is 2.71 bits per heavy atom. The lowest BCUT2D eigenvalue weighted by Crippen LogP contribution is -2.59. The summed E-state index contributed by atoms with van der Waals surface area (Å²) in [5, 5.41) is 6.36. The summed E-state index contributed by atoms with van der Waals surface area (Å²) in [7, 11) is 0. The van der Waals surface area contributed by atoms with Crippen molar-refractivity contribution < 1.29 is 23.5 Å². The molecule has 3 fully saturated rings. The minimum Gasteiger partial charge on any atom is -0.444 e. The summed E-state index contributed by atoms with van der Waals surface area (Å²) in [4.78, 5) is 31.7. The number of hydrogen-bond acceptors (Lipinski definition) is 8. The molecule has 0 radical (unpaired) electrons. The Kier molecular flexibility index (Phi) is 8.73. The van der Waals surface area contributed by atoms with Crippen molar-refractivity contribution in [2.75, 3.05) is 49.1 Å². The standard InChI is InChI=1S/C26H36FN5O4S2/c1-16(37)29-13-18-15-32(24(33)35-18)17-7-8-20(19(27)12-17)30-11-9-28-14-22(30)23(38)21-6-5-10-31(21)25(34)36-26(2,3)4/h7-8,12,18,21-22,28H,5-6,9-11,13-15H2,1-4H3,(H,29,37)/t18-,21?,22?/m0/s1. The van der Waals surface area contributed by atoms with Crippen molar-refractivity contribution in [3.05, 3.63) is 24.0 Å². The number of ether oxygens (including phenoxy) is 2. The molecule has 2 amide bonds. The molecule has 0 aliphatic carbocycles. The first-order valence-electron chi connectivity index (χ1n) is 13.0. The van der Waals surface area contributed by atoms with Gasteiger partial charge in [0.2, 0.25) is 0 Å². The van der Waals surface area contributed by atoms with Gasteiger partial charge in [0.1, 0.15) is 17.5 Å². The number of halogens is 1. The number of anilines is 2. The van der Waals surface area contributed by atoms with E-state index in [2.05, 4.69) is 10.6 Å². The summed E-state index contributed by atoms with van der Waals surface area (Å²) in [5.74, 6) is -0.447. The second-order valence-corrected chi connectivity index (χ2v) is 11.9. The van der Waals surface area contributed by atoms with Crippen molar-refractivity contribution in [1.82, 2.24) is 15.5 Å². The minimum absolute atomic E-state index is 0.254. The van der Waals surface area contributed by atoms with E-state index in [1.807, 2.05) is 25.7 Å². The SMILES string of the molecule is CC(=S)NC[C@H]1CN(c2ccc(N3CCNCC3C(=S)C3CCCN3C(=O)OC(C)(C)C)c(F)c2)C(=O)O1. The normalized spacial score (nSPS) is 23.9. The number of likely N-dealkylation sites (tertiary alicyclic amines) is 1. The molecular formula is C26H36FN5O4S2. The Labute approximate surface area is 234 Å². The molecule has 9 nitrogen and oxygen atoms in total. The fourth-order valence-corrected chi connectivity index (χ4v) is 5.60. The maximum Gasteiger partial charge on any atom is 0.414 e. The van der Waals surface area contributed by atoms with E-state index in [1.165, 1.54) is 11.0 Å². The summed E-state index contributed by atoms with van der Waals surface area (Å²) in [6.45, 7) is 10.3. The number of nitrogens with zero attached hydrogens (tertiary/aromatic N) is 3. The molecule has 0 aromatic heterocycles. The Hall–Kier alpha value is -2.57. The molecule has 38 heavy (non-hydrogen) atoms. The Bertz CT molecular complexity index is 1100. The number of piperazine rings is 1. The van der Waals surface area contributed by atoms with Gasteiger partial charge in [-0.15, -0.1) is 0 Å². The van der Waals surface area contributed by atoms with Crippen LogP contribution in [0.15, 0.2) is 18.2 Å². The highest BCUT2D eigenvalue weighted by Crippen LogP contribution is 2.31. The monoisotopic (exact) mass is 565 g/mol. The van der Waals surface area contributed by atoms with E-state index in [9.17, 15) is 9.59 Å². The molecule has 3 aliphatic rings. The number of amides is 2. The first-order valence-corrected chi connectivity index (χ1v) is 13.8. The van der Waals surface area contributed by atoms with Crippen molar-refractivity contribution in [1.29, 1.82) is 0 Å². The Morgan fingerprint density at radius 2 is 2.03 bits per heavy atom. The molecule has 3 atom stereocenters. The molecule has 4 rings (SSSR count). The second kappa shape index (κ2) is 11.7. The smallest absolute Gasteiger partial charge is 0.414 e. The van der Waals surface area contributed by atoms with E-state index in [1.54, 1.807) is 24.0 Å². The average Bonchev–Trinajstić information content (AvgIpc) is 3.48. The summed E-state index contributed by atoms with van der Waals surface area (Å²) in [6.07, 6.45) is 0.312. The van der Waals surface area contributed by atoms with Crippen LogP contribution < -0.4 is 20.4 Å². The van der Waals surface area contributed by atoms with Gasteiger partial charge in [0.25, 0.3) is 0 Å². The first-order chi connectivity index (χ1) is 17.9. The highest BCUT2D eigenvalue weighted by molar-refractivity contribution is 7.80. The number of rotatable bonds is 6. The number of cyclic esters (lactones) is 1. The lowest BCUT2D eigenvalue weighted by Gasteiger charge is -2.41. The highest BCUT2D eigenvalue weighted by Gasteiger charge is 2.40. The quantitative estimate of drug-likeness (QED) is 0.502. The summed E-state index contributed by atoms with van der Waals surface area (Å²) < 4.78 is 26.6. The predicted octanol–water partition coefficient (Wildman–Crippen LogP) is 3.64. The molecule has 3 aliphatic heterocycles. The van der Waals surface area contributed by atoms with E-state index >= 15 is 4.39 Å². The summed E-state index contributed by atoms with van der Waals surface area (Å²) in [5.41, 5.74) is 0.237. The number of benzene rings is 1. The second-order valence-electron chi connectivity index (χ2n) is 10.8. The molecule has 0 spiro atoms. The zero-order valence-corrected chi connectivity index (χ0v) is 23.9. The van der Waals surface area contributed by atoms with Crippen molar-refractivity contribution in [3.63, 3.8) is 0 Å². The lowest BCUT2D eigenvalue weighted by molar-refractivity contribution is 0.0265. The van der Waals surface area contributed by atoms with Crippen molar-refractivity contribution >= 4 is 57.9 Å². The molecule has 2 N–H and O–H groups in total. The van der Waals surface area contributed by atoms with Crippen LogP contribution in [0.2, 0.25) is 0 Å². The molecule has 3 heterocycles. The predicted molar refractivity (Wildman–Crippen MR) is 153 cm³/mol. The molecule has 12 heteroatoms. The van der Waals surface area contributed by atoms with Crippen molar-refractivity contribution in [2.24, 2.45) is 0 Å². The van der Waals surface area contributed by atoms with Crippen LogP contribution in [-0.2, 0) is 9.47 Å². The molecule has 3 saturated heterocycles. The molecule has 1 aromatic carbocycles. The minimum atomic E-state index is -0.601. The van der Waals surface area contributed by atoms with E-state index in [-0.39, 0.29) is 24.3 Å². The van der Waals surface area contributed by atoms with Gasteiger partial charge in [-0.3, -0.25) is 4.90 Å². The number of thiocarbonyl (C=S) groups is 2. The van der Waals surface area contributed by atoms with Gasteiger partial charge in [-0.25, -0.2) is 14.0 Å².